The third-order valence-corrected chi connectivity index (χ3v) is 4.67. The van der Waals surface area contributed by atoms with Gasteiger partial charge in [-0.2, -0.15) is 0 Å². The van der Waals surface area contributed by atoms with E-state index in [-0.39, 0.29) is 10.9 Å². The summed E-state index contributed by atoms with van der Waals surface area (Å²) in [4.78, 5) is 14.6. The van der Waals surface area contributed by atoms with Crippen molar-refractivity contribution < 1.29 is 4.79 Å². The van der Waals surface area contributed by atoms with Crippen molar-refractivity contribution in [2.24, 2.45) is 0 Å². The summed E-state index contributed by atoms with van der Waals surface area (Å²) < 4.78 is 0. The predicted octanol–water partition coefficient (Wildman–Crippen LogP) is 3.18. The molecule has 1 atom stereocenters. The summed E-state index contributed by atoms with van der Waals surface area (Å²) in [6, 6.07) is 3.40. The fraction of sp³-hybridized carbons (Fsp3) is 0.533. The number of amides is 1. The number of nitrogen functional groups attached to an aromatic ring is 1. The number of benzene rings is 1. The van der Waals surface area contributed by atoms with Gasteiger partial charge < -0.3 is 11.1 Å². The number of hydrogen-bond acceptors (Lipinski definition) is 3. The lowest BCUT2D eigenvalue weighted by molar-refractivity contribution is 0.0930. The van der Waals surface area contributed by atoms with Crippen molar-refractivity contribution in [3.63, 3.8) is 0 Å². The molecule has 1 saturated heterocycles. The molecule has 3 N–H and O–H groups in total. The van der Waals surface area contributed by atoms with E-state index >= 15 is 0 Å². The Bertz CT molecular complexity index is 516. The lowest BCUT2D eigenvalue weighted by Gasteiger charge is -2.32. The van der Waals surface area contributed by atoms with Crippen molar-refractivity contribution in [2.45, 2.75) is 32.2 Å². The van der Waals surface area contributed by atoms with Crippen LogP contribution >= 0.6 is 23.2 Å². The van der Waals surface area contributed by atoms with Gasteiger partial charge in [0.25, 0.3) is 5.91 Å². The van der Waals surface area contributed by atoms with E-state index in [4.69, 9.17) is 28.9 Å². The Hall–Kier alpha value is -0.970. The SMILES string of the molecule is CC(CNC(=O)c1cc(N)cc(Cl)c1Cl)N1CCCCC1. The molecule has 1 heterocycles. The lowest BCUT2D eigenvalue weighted by atomic mass is 10.1. The number of halogens is 2. The molecule has 0 aromatic heterocycles. The fourth-order valence-electron chi connectivity index (χ4n) is 2.60. The molecular weight excluding hydrogens is 309 g/mol. The van der Waals surface area contributed by atoms with Gasteiger partial charge in [0.15, 0.2) is 0 Å². The van der Waals surface area contributed by atoms with Crippen LogP contribution in [0.25, 0.3) is 0 Å². The average molecular weight is 330 g/mol. The standard InChI is InChI=1S/C15H21Cl2N3O/c1-10(20-5-3-2-4-6-20)9-19-15(21)12-7-11(18)8-13(16)14(12)17/h7-8,10H,2-6,9,18H2,1H3,(H,19,21). The number of rotatable bonds is 4. The van der Waals surface area contributed by atoms with E-state index in [2.05, 4.69) is 17.1 Å². The van der Waals surface area contributed by atoms with Crippen LogP contribution in [0.15, 0.2) is 12.1 Å². The number of piperidine rings is 1. The number of nitrogens with one attached hydrogen (secondary N) is 1. The maximum Gasteiger partial charge on any atom is 0.252 e. The molecule has 0 aliphatic carbocycles. The molecule has 1 fully saturated rings. The molecule has 1 aromatic carbocycles. The molecule has 1 aliphatic rings. The number of hydrogen-bond donors (Lipinski definition) is 2. The second-order valence-electron chi connectivity index (χ2n) is 5.52. The summed E-state index contributed by atoms with van der Waals surface area (Å²) in [5.74, 6) is -0.238. The van der Waals surface area contributed by atoms with E-state index in [1.807, 2.05) is 0 Å². The average Bonchev–Trinajstić information content (AvgIpc) is 2.49. The predicted molar refractivity (Wildman–Crippen MR) is 88.1 cm³/mol. The van der Waals surface area contributed by atoms with Crippen molar-refractivity contribution in [2.75, 3.05) is 25.4 Å². The highest BCUT2D eigenvalue weighted by atomic mass is 35.5. The van der Waals surface area contributed by atoms with E-state index in [9.17, 15) is 4.79 Å². The molecule has 2 rings (SSSR count). The number of carbonyl (C=O) groups excluding carboxylic acids is 1. The van der Waals surface area contributed by atoms with Gasteiger partial charge in [-0.05, 0) is 45.0 Å². The lowest BCUT2D eigenvalue weighted by Crippen LogP contribution is -2.44. The zero-order valence-electron chi connectivity index (χ0n) is 12.2. The molecule has 1 unspecified atom stereocenters. The number of nitrogens with zero attached hydrogens (tertiary/aromatic N) is 1. The summed E-state index contributed by atoms with van der Waals surface area (Å²) in [6.45, 7) is 4.91. The summed E-state index contributed by atoms with van der Waals surface area (Å²) in [7, 11) is 0. The third kappa shape index (κ3) is 4.25. The normalized spacial score (nSPS) is 17.5. The minimum Gasteiger partial charge on any atom is -0.399 e. The summed E-state index contributed by atoms with van der Waals surface area (Å²) >= 11 is 12.0. The maximum atomic E-state index is 12.2. The molecule has 21 heavy (non-hydrogen) atoms. The monoisotopic (exact) mass is 329 g/mol. The number of nitrogens with two attached hydrogens (primary N) is 1. The molecule has 4 nitrogen and oxygen atoms in total. The summed E-state index contributed by atoms with van der Waals surface area (Å²) in [5.41, 5.74) is 6.46. The quantitative estimate of drug-likeness (QED) is 0.834. The van der Waals surface area contributed by atoms with Crippen LogP contribution in [0.5, 0.6) is 0 Å². The highest BCUT2D eigenvalue weighted by Crippen LogP contribution is 2.28. The Balaban J connectivity index is 1.95. The first-order chi connectivity index (χ1) is 9.99. The first kappa shape index (κ1) is 16.4. The van der Waals surface area contributed by atoms with Gasteiger partial charge in [0.2, 0.25) is 0 Å². The van der Waals surface area contributed by atoms with Gasteiger partial charge in [-0.15, -0.1) is 0 Å². The van der Waals surface area contributed by atoms with Gasteiger partial charge in [0.1, 0.15) is 0 Å². The molecule has 1 aromatic rings. The Morgan fingerprint density at radius 1 is 1.33 bits per heavy atom. The van der Waals surface area contributed by atoms with Crippen LogP contribution in [0.1, 0.15) is 36.5 Å². The van der Waals surface area contributed by atoms with Crippen LogP contribution in [-0.2, 0) is 0 Å². The molecule has 0 spiro atoms. The summed E-state index contributed by atoms with van der Waals surface area (Å²) in [5, 5.41) is 3.45. The molecule has 0 radical (unpaired) electrons. The third-order valence-electron chi connectivity index (χ3n) is 3.87. The second-order valence-corrected chi connectivity index (χ2v) is 6.31. The Morgan fingerprint density at radius 2 is 2.00 bits per heavy atom. The van der Waals surface area contributed by atoms with Crippen LogP contribution in [-0.4, -0.2) is 36.5 Å². The first-order valence-corrected chi connectivity index (χ1v) is 8.01. The molecule has 6 heteroatoms. The van der Waals surface area contributed by atoms with Crippen LogP contribution in [0.3, 0.4) is 0 Å². The smallest absolute Gasteiger partial charge is 0.252 e. The Kier molecular flexibility index (Phi) is 5.73. The largest absolute Gasteiger partial charge is 0.399 e. The molecular formula is C15H21Cl2N3O. The molecule has 1 aliphatic heterocycles. The van der Waals surface area contributed by atoms with Crippen LogP contribution in [0.2, 0.25) is 10.0 Å². The van der Waals surface area contributed by atoms with Gasteiger partial charge in [0, 0.05) is 18.3 Å². The number of anilines is 1. The van der Waals surface area contributed by atoms with E-state index < -0.39 is 0 Å². The maximum absolute atomic E-state index is 12.2. The van der Waals surface area contributed by atoms with Crippen LogP contribution in [0, 0.1) is 0 Å². The van der Waals surface area contributed by atoms with Crippen molar-refractivity contribution in [3.8, 4) is 0 Å². The zero-order valence-corrected chi connectivity index (χ0v) is 13.7. The Labute approximate surface area is 135 Å². The van der Waals surface area contributed by atoms with Gasteiger partial charge >= 0.3 is 0 Å². The van der Waals surface area contributed by atoms with Crippen LogP contribution < -0.4 is 11.1 Å². The highest BCUT2D eigenvalue weighted by Gasteiger charge is 2.19. The molecule has 0 bridgehead atoms. The first-order valence-electron chi connectivity index (χ1n) is 7.26. The zero-order chi connectivity index (χ0) is 15.4. The molecule has 116 valence electrons. The topological polar surface area (TPSA) is 58.4 Å². The van der Waals surface area contributed by atoms with Crippen molar-refractivity contribution in [1.82, 2.24) is 10.2 Å². The minimum absolute atomic E-state index is 0.238. The van der Waals surface area contributed by atoms with Crippen molar-refractivity contribution in [3.05, 3.63) is 27.7 Å². The molecule has 1 amide bonds. The van der Waals surface area contributed by atoms with E-state index in [0.29, 0.717) is 28.9 Å². The van der Waals surface area contributed by atoms with Gasteiger partial charge in [0.05, 0.1) is 15.6 Å². The van der Waals surface area contributed by atoms with Crippen LogP contribution in [0.4, 0.5) is 5.69 Å². The molecule has 0 saturated carbocycles. The van der Waals surface area contributed by atoms with E-state index in [0.717, 1.165) is 13.1 Å². The van der Waals surface area contributed by atoms with Gasteiger partial charge in [-0.1, -0.05) is 29.6 Å². The van der Waals surface area contributed by atoms with E-state index in [1.54, 1.807) is 6.07 Å². The van der Waals surface area contributed by atoms with Gasteiger partial charge in [-0.3, -0.25) is 9.69 Å². The van der Waals surface area contributed by atoms with Crippen molar-refractivity contribution in [1.29, 1.82) is 0 Å². The van der Waals surface area contributed by atoms with E-state index in [1.165, 1.54) is 25.3 Å². The Morgan fingerprint density at radius 3 is 2.67 bits per heavy atom. The highest BCUT2D eigenvalue weighted by molar-refractivity contribution is 6.44. The number of carbonyl (C=O) groups is 1. The minimum atomic E-state index is -0.238. The second kappa shape index (κ2) is 7.34. The van der Waals surface area contributed by atoms with Crippen molar-refractivity contribution >= 4 is 34.8 Å². The summed E-state index contributed by atoms with van der Waals surface area (Å²) in [6.07, 6.45) is 3.76. The van der Waals surface area contributed by atoms with Gasteiger partial charge in [-0.25, -0.2) is 0 Å². The fourth-order valence-corrected chi connectivity index (χ4v) is 3.02. The number of likely N-dealkylation sites (tertiary alicyclic amines) is 1.